The Morgan fingerprint density at radius 2 is 0.975 bits per heavy atom. The van der Waals surface area contributed by atoms with Crippen molar-refractivity contribution in [3.8, 4) is 0 Å². The molecule has 2 atom stereocenters. The van der Waals surface area contributed by atoms with Crippen molar-refractivity contribution in [3.05, 3.63) is 71.8 Å². The third-order valence-electron chi connectivity index (χ3n) is 8.61. The fourth-order valence-corrected chi connectivity index (χ4v) is 7.46. The molecule has 2 rings (SSSR count). The minimum atomic E-state index is -1.75. The summed E-state index contributed by atoms with van der Waals surface area (Å²) in [5, 5.41) is 9.78. The summed E-state index contributed by atoms with van der Waals surface area (Å²) in [6, 6.07) is 21.3. The van der Waals surface area contributed by atoms with Crippen molar-refractivity contribution >= 4 is 39.2 Å². The molecule has 0 spiro atoms. The van der Waals surface area contributed by atoms with Gasteiger partial charge in [0.15, 0.2) is 16.6 Å². The molecule has 0 unspecified atom stereocenters. The predicted molar refractivity (Wildman–Crippen MR) is 189 cm³/mol. The second kappa shape index (κ2) is 17.6. The van der Waals surface area contributed by atoms with Crippen LogP contribution < -0.4 is 0 Å². The van der Waals surface area contributed by atoms with Gasteiger partial charge in [-0.1, -0.05) is 125 Å². The van der Waals surface area contributed by atoms with Gasteiger partial charge in [-0.05, 0) is 85.9 Å². The van der Waals surface area contributed by atoms with Gasteiger partial charge in [0.1, 0.15) is 0 Å². The number of hydrogen-bond acceptors (Lipinski definition) is 3. The Bertz CT molecular complexity index is 844. The molecular formula is C34H59IO3Si2. The predicted octanol–water partition coefficient (Wildman–Crippen LogP) is 10.2. The minimum Gasteiger partial charge on any atom is -0.414 e. The molecular weight excluding hydrogens is 639 g/mol. The highest BCUT2D eigenvalue weighted by molar-refractivity contribution is 14.1. The Morgan fingerprint density at radius 3 is 1.27 bits per heavy atom. The lowest BCUT2D eigenvalue weighted by atomic mass is 10.1. The Hall–Kier alpha value is -0.516. The minimum absolute atomic E-state index is 0.168. The first-order chi connectivity index (χ1) is 18.5. The molecule has 2 aromatic rings. The van der Waals surface area contributed by atoms with Gasteiger partial charge < -0.3 is 14.0 Å². The van der Waals surface area contributed by atoms with E-state index < -0.39 is 16.6 Å². The summed E-state index contributed by atoms with van der Waals surface area (Å²) in [6.07, 6.45) is 6.74. The molecule has 0 aromatic heterocycles. The number of aryl methyl sites for hydroxylation is 2. The Labute approximate surface area is 263 Å². The molecule has 2 aromatic carbocycles. The molecule has 0 heterocycles. The first kappa shape index (κ1) is 37.5. The normalized spacial score (nSPS) is 14.3. The van der Waals surface area contributed by atoms with E-state index in [2.05, 4.69) is 145 Å². The van der Waals surface area contributed by atoms with Gasteiger partial charge in [-0.15, -0.1) is 0 Å². The van der Waals surface area contributed by atoms with Gasteiger partial charge in [0.2, 0.25) is 0 Å². The van der Waals surface area contributed by atoms with E-state index in [0.717, 1.165) is 32.1 Å². The summed E-state index contributed by atoms with van der Waals surface area (Å²) in [4.78, 5) is 0. The quantitative estimate of drug-likeness (QED) is 0.121. The number of rotatable bonds is 14. The highest BCUT2D eigenvalue weighted by Gasteiger charge is 2.39. The summed E-state index contributed by atoms with van der Waals surface area (Å²) in [6.45, 7) is 23.2. The summed E-state index contributed by atoms with van der Waals surface area (Å²) in [5.74, 6) is 0. The summed E-state index contributed by atoms with van der Waals surface area (Å²) in [7, 11) is -3.40. The molecule has 0 fully saturated rings. The summed E-state index contributed by atoms with van der Waals surface area (Å²) < 4.78 is 14.2. The maximum absolute atomic E-state index is 9.27. The molecule has 0 bridgehead atoms. The highest BCUT2D eigenvalue weighted by Crippen LogP contribution is 2.39. The van der Waals surface area contributed by atoms with Gasteiger partial charge in [-0.2, -0.15) is 0 Å². The molecule has 0 aliphatic heterocycles. The molecule has 1 N–H and O–H groups in total. The van der Waals surface area contributed by atoms with Crippen molar-refractivity contribution in [2.45, 2.75) is 129 Å². The van der Waals surface area contributed by atoms with Crippen molar-refractivity contribution < 1.29 is 14.0 Å². The van der Waals surface area contributed by atoms with Crippen LogP contribution in [0.1, 0.15) is 78.4 Å². The zero-order valence-corrected chi connectivity index (χ0v) is 31.4. The Balaban J connectivity index is 0.000000400. The van der Waals surface area contributed by atoms with Crippen LogP contribution >= 0.6 is 22.6 Å². The summed E-state index contributed by atoms with van der Waals surface area (Å²) >= 11 is 2.46. The Morgan fingerprint density at radius 1 is 0.625 bits per heavy atom. The first-order valence-electron chi connectivity index (χ1n) is 15.1. The van der Waals surface area contributed by atoms with E-state index in [9.17, 15) is 5.11 Å². The van der Waals surface area contributed by atoms with Crippen LogP contribution in [-0.4, -0.2) is 45.0 Å². The van der Waals surface area contributed by atoms with Crippen LogP contribution in [0.15, 0.2) is 60.7 Å². The largest absolute Gasteiger partial charge is 0.414 e. The van der Waals surface area contributed by atoms with E-state index in [0.29, 0.717) is 11.1 Å². The van der Waals surface area contributed by atoms with Crippen LogP contribution in [0.5, 0.6) is 0 Å². The maximum Gasteiger partial charge on any atom is 0.192 e. The van der Waals surface area contributed by atoms with Crippen molar-refractivity contribution in [1.29, 1.82) is 0 Å². The van der Waals surface area contributed by atoms with Crippen LogP contribution in [0.2, 0.25) is 36.3 Å². The van der Waals surface area contributed by atoms with Crippen LogP contribution in [0.25, 0.3) is 0 Å². The highest BCUT2D eigenvalue weighted by atomic mass is 127. The zero-order valence-electron chi connectivity index (χ0n) is 27.2. The number of aliphatic hydroxyl groups excluding tert-OH is 1. The maximum atomic E-state index is 9.27. The van der Waals surface area contributed by atoms with Gasteiger partial charge in [-0.25, -0.2) is 0 Å². The van der Waals surface area contributed by atoms with Crippen LogP contribution in [0.3, 0.4) is 0 Å². The number of aliphatic hydroxyl groups is 1. The molecule has 40 heavy (non-hydrogen) atoms. The van der Waals surface area contributed by atoms with Crippen molar-refractivity contribution in [2.75, 3.05) is 11.0 Å². The standard InChI is InChI=1S/C17H29IOSi.C17H30O2Si/c2*1-17(2,3)20(4,5)19-16(13-14-18)12-11-15-9-7-6-8-10-15/h6-10,16H,11-14H2,1-5H3;6-10,16,18H,11-14H2,1-5H3/t2*16-/m00/s1. The van der Waals surface area contributed by atoms with E-state index in [1.807, 2.05) is 6.07 Å². The molecule has 228 valence electrons. The van der Waals surface area contributed by atoms with Gasteiger partial charge in [-0.3, -0.25) is 0 Å². The number of hydrogen-bond donors (Lipinski definition) is 1. The molecule has 0 aliphatic carbocycles. The molecule has 0 amide bonds. The Kier molecular flexibility index (Phi) is 16.5. The van der Waals surface area contributed by atoms with E-state index in [-0.39, 0.29) is 17.7 Å². The van der Waals surface area contributed by atoms with E-state index >= 15 is 0 Å². The first-order valence-corrected chi connectivity index (χ1v) is 22.5. The second-order valence-electron chi connectivity index (χ2n) is 14.0. The fourth-order valence-electron chi connectivity index (χ4n) is 3.92. The smallest absolute Gasteiger partial charge is 0.192 e. The lowest BCUT2D eigenvalue weighted by molar-refractivity contribution is 0.132. The van der Waals surface area contributed by atoms with Crippen LogP contribution in [-0.2, 0) is 21.7 Å². The van der Waals surface area contributed by atoms with Gasteiger partial charge in [0.05, 0.1) is 0 Å². The SMILES string of the molecule is CC(C)(C)[Si](C)(C)O[C@H](CCI)CCc1ccccc1.CC(C)(C)[Si](C)(C)O[C@H](CCO)CCc1ccccc1. The molecule has 0 saturated heterocycles. The van der Waals surface area contributed by atoms with Gasteiger partial charge in [0.25, 0.3) is 0 Å². The average molecular weight is 699 g/mol. The fraction of sp³-hybridized carbons (Fsp3) is 0.647. The molecule has 3 nitrogen and oxygen atoms in total. The number of halogens is 1. The van der Waals surface area contributed by atoms with Crippen molar-refractivity contribution in [1.82, 2.24) is 0 Å². The monoisotopic (exact) mass is 698 g/mol. The van der Waals surface area contributed by atoms with Gasteiger partial charge in [0, 0.05) is 23.2 Å². The lowest BCUT2D eigenvalue weighted by Crippen LogP contribution is -2.44. The molecule has 0 aliphatic rings. The number of alkyl halides is 1. The third kappa shape index (κ3) is 14.1. The lowest BCUT2D eigenvalue weighted by Gasteiger charge is -2.39. The second-order valence-corrected chi connectivity index (χ2v) is 24.6. The van der Waals surface area contributed by atoms with E-state index in [1.165, 1.54) is 22.0 Å². The molecule has 0 radical (unpaired) electrons. The topological polar surface area (TPSA) is 38.7 Å². The van der Waals surface area contributed by atoms with Crippen LogP contribution in [0.4, 0.5) is 0 Å². The van der Waals surface area contributed by atoms with Crippen molar-refractivity contribution in [3.63, 3.8) is 0 Å². The summed E-state index contributed by atoms with van der Waals surface area (Å²) in [5.41, 5.74) is 2.76. The zero-order chi connectivity index (χ0) is 30.5. The van der Waals surface area contributed by atoms with Crippen molar-refractivity contribution in [2.24, 2.45) is 0 Å². The number of benzene rings is 2. The third-order valence-corrected chi connectivity index (χ3v) is 18.3. The average Bonchev–Trinajstić information content (AvgIpc) is 2.86. The van der Waals surface area contributed by atoms with Crippen LogP contribution in [0, 0.1) is 0 Å². The molecule has 6 heteroatoms. The van der Waals surface area contributed by atoms with E-state index in [4.69, 9.17) is 8.85 Å². The van der Waals surface area contributed by atoms with Gasteiger partial charge >= 0.3 is 0 Å². The van der Waals surface area contributed by atoms with E-state index in [1.54, 1.807) is 0 Å². The molecule has 0 saturated carbocycles.